The highest BCUT2D eigenvalue weighted by Crippen LogP contribution is 2.47. The summed E-state index contributed by atoms with van der Waals surface area (Å²) in [5, 5.41) is 10.3. The van der Waals surface area contributed by atoms with E-state index in [-0.39, 0.29) is 5.91 Å². The van der Waals surface area contributed by atoms with Crippen LogP contribution in [0.5, 0.6) is 5.75 Å². The molecular formula is C25H30N4O2. The number of nitrogens with zero attached hydrogens (tertiary/aromatic N) is 2. The van der Waals surface area contributed by atoms with Crippen molar-refractivity contribution in [1.29, 1.82) is 0 Å². The number of aromatic nitrogens is 2. The number of methoxy groups -OCH3 is 1. The number of hydrogen-bond acceptors (Lipinski definition) is 4. The Morgan fingerprint density at radius 3 is 2.58 bits per heavy atom. The maximum Gasteiger partial charge on any atom is 0.229 e. The second kappa shape index (κ2) is 9.35. The topological polar surface area (TPSA) is 70.2 Å². The van der Waals surface area contributed by atoms with Gasteiger partial charge in [-0.2, -0.15) is 5.10 Å². The lowest BCUT2D eigenvalue weighted by molar-refractivity contribution is -0.115. The normalized spacial score (nSPS) is 17.9. The van der Waals surface area contributed by atoms with E-state index in [1.807, 2.05) is 30.3 Å². The van der Waals surface area contributed by atoms with E-state index in [1.54, 1.807) is 7.11 Å². The molecule has 2 aromatic carbocycles. The summed E-state index contributed by atoms with van der Waals surface area (Å²) in [7, 11) is 5.82. The van der Waals surface area contributed by atoms with Gasteiger partial charge in [0.05, 0.1) is 19.2 Å². The molecule has 0 aliphatic heterocycles. The van der Waals surface area contributed by atoms with E-state index >= 15 is 0 Å². The lowest BCUT2D eigenvalue weighted by atomic mass is 9.70. The number of benzene rings is 2. The van der Waals surface area contributed by atoms with Gasteiger partial charge in [-0.1, -0.05) is 36.4 Å². The second-order valence-electron chi connectivity index (χ2n) is 8.63. The predicted octanol–water partition coefficient (Wildman–Crippen LogP) is 4.32. The average Bonchev–Trinajstić information content (AvgIpc) is 3.15. The molecule has 1 saturated carbocycles. The van der Waals surface area contributed by atoms with Crippen molar-refractivity contribution in [3.05, 3.63) is 77.0 Å². The van der Waals surface area contributed by atoms with Crippen LogP contribution in [0.4, 0.5) is 5.82 Å². The summed E-state index contributed by atoms with van der Waals surface area (Å²) in [4.78, 5) is 14.5. The molecule has 31 heavy (non-hydrogen) atoms. The molecule has 1 amide bonds. The number of carbonyl (C=O) groups excluding carboxylic acids is 1. The Morgan fingerprint density at radius 1 is 1.10 bits per heavy atom. The van der Waals surface area contributed by atoms with E-state index < -0.39 is 0 Å². The van der Waals surface area contributed by atoms with Gasteiger partial charge in [0, 0.05) is 18.5 Å². The highest BCUT2D eigenvalue weighted by molar-refractivity contribution is 5.91. The van der Waals surface area contributed by atoms with Crippen molar-refractivity contribution >= 4 is 11.7 Å². The summed E-state index contributed by atoms with van der Waals surface area (Å²) in [6.45, 7) is 0.961. The Bertz CT molecular complexity index is 1020. The number of carbonyl (C=O) groups is 1. The second-order valence-corrected chi connectivity index (χ2v) is 8.63. The molecule has 1 aliphatic rings. The fourth-order valence-corrected chi connectivity index (χ4v) is 4.18. The van der Waals surface area contributed by atoms with Crippen molar-refractivity contribution in [2.75, 3.05) is 26.5 Å². The Balaban J connectivity index is 1.29. The van der Waals surface area contributed by atoms with E-state index in [4.69, 9.17) is 4.74 Å². The minimum atomic E-state index is -0.0652. The molecule has 0 bridgehead atoms. The quantitative estimate of drug-likeness (QED) is 0.572. The first kappa shape index (κ1) is 21.1. The first-order valence-corrected chi connectivity index (χ1v) is 10.7. The molecule has 6 nitrogen and oxygen atoms in total. The van der Waals surface area contributed by atoms with Crippen LogP contribution in [-0.2, 0) is 17.8 Å². The molecule has 0 atom stereocenters. The molecule has 4 rings (SSSR count). The SMILES string of the molecule is COc1ccc(CC(=O)Nc2cc(C3CC(c4cccc(CN(C)C)c4)C3)n[nH]2)cc1. The third kappa shape index (κ3) is 5.33. The minimum Gasteiger partial charge on any atom is -0.497 e. The van der Waals surface area contributed by atoms with E-state index in [2.05, 4.69) is 58.8 Å². The maximum atomic E-state index is 12.4. The van der Waals surface area contributed by atoms with Crippen LogP contribution < -0.4 is 10.1 Å². The van der Waals surface area contributed by atoms with Crippen molar-refractivity contribution < 1.29 is 9.53 Å². The Kier molecular flexibility index (Phi) is 6.37. The smallest absolute Gasteiger partial charge is 0.229 e. The van der Waals surface area contributed by atoms with Gasteiger partial charge in [-0.15, -0.1) is 0 Å². The van der Waals surface area contributed by atoms with Crippen molar-refractivity contribution in [3.8, 4) is 5.75 Å². The standard InChI is InChI=1S/C25H30N4O2/c1-29(2)16-18-5-4-6-19(11-18)20-13-21(14-20)23-15-24(28-27-23)26-25(30)12-17-7-9-22(31-3)10-8-17/h4-11,15,20-21H,12-14,16H2,1-3H3,(H2,26,27,28,30). The molecule has 0 unspecified atom stereocenters. The first-order chi connectivity index (χ1) is 15.0. The fourth-order valence-electron chi connectivity index (χ4n) is 4.18. The molecule has 0 saturated heterocycles. The van der Waals surface area contributed by atoms with Crippen LogP contribution in [0, 0.1) is 0 Å². The average molecular weight is 419 g/mol. The summed E-state index contributed by atoms with van der Waals surface area (Å²) < 4.78 is 5.15. The Hall–Kier alpha value is -3.12. The van der Waals surface area contributed by atoms with E-state index in [0.717, 1.165) is 36.4 Å². The van der Waals surface area contributed by atoms with Gasteiger partial charge in [-0.3, -0.25) is 9.89 Å². The molecule has 162 valence electrons. The van der Waals surface area contributed by atoms with Gasteiger partial charge >= 0.3 is 0 Å². The number of nitrogens with one attached hydrogen (secondary N) is 2. The van der Waals surface area contributed by atoms with E-state index in [9.17, 15) is 4.79 Å². The lowest BCUT2D eigenvalue weighted by Gasteiger charge is -2.34. The van der Waals surface area contributed by atoms with Crippen molar-refractivity contribution in [1.82, 2.24) is 15.1 Å². The van der Waals surface area contributed by atoms with Crippen LogP contribution in [0.25, 0.3) is 0 Å². The van der Waals surface area contributed by atoms with Gasteiger partial charge in [0.2, 0.25) is 5.91 Å². The molecular weight excluding hydrogens is 388 g/mol. The monoisotopic (exact) mass is 418 g/mol. The predicted molar refractivity (Wildman–Crippen MR) is 122 cm³/mol. The van der Waals surface area contributed by atoms with Crippen LogP contribution in [0.2, 0.25) is 0 Å². The van der Waals surface area contributed by atoms with Crippen molar-refractivity contribution in [2.24, 2.45) is 0 Å². The molecule has 0 spiro atoms. The largest absolute Gasteiger partial charge is 0.497 e. The first-order valence-electron chi connectivity index (χ1n) is 10.7. The molecule has 1 aromatic heterocycles. The van der Waals surface area contributed by atoms with Crippen LogP contribution >= 0.6 is 0 Å². The molecule has 2 N–H and O–H groups in total. The summed E-state index contributed by atoms with van der Waals surface area (Å²) >= 11 is 0. The molecule has 0 radical (unpaired) electrons. The Labute approximate surface area is 183 Å². The summed E-state index contributed by atoms with van der Waals surface area (Å²) in [6.07, 6.45) is 2.50. The van der Waals surface area contributed by atoms with Gasteiger partial charge in [-0.25, -0.2) is 0 Å². The highest BCUT2D eigenvalue weighted by atomic mass is 16.5. The number of amides is 1. The number of ether oxygens (including phenoxy) is 1. The molecule has 1 heterocycles. The van der Waals surface area contributed by atoms with Crippen LogP contribution in [-0.4, -0.2) is 42.2 Å². The number of aromatic amines is 1. The van der Waals surface area contributed by atoms with Gasteiger partial charge in [0.25, 0.3) is 0 Å². The molecule has 1 fully saturated rings. The lowest BCUT2D eigenvalue weighted by Crippen LogP contribution is -2.21. The molecule has 1 aliphatic carbocycles. The van der Waals surface area contributed by atoms with Gasteiger partial charge < -0.3 is 15.0 Å². The minimum absolute atomic E-state index is 0.0652. The van der Waals surface area contributed by atoms with Gasteiger partial charge in [-0.05, 0) is 61.7 Å². The number of rotatable bonds is 8. The van der Waals surface area contributed by atoms with E-state index in [0.29, 0.717) is 24.1 Å². The van der Waals surface area contributed by atoms with Crippen LogP contribution in [0.1, 0.15) is 47.1 Å². The summed E-state index contributed by atoms with van der Waals surface area (Å²) in [5.74, 6) is 2.39. The van der Waals surface area contributed by atoms with Gasteiger partial charge in [0.1, 0.15) is 11.6 Å². The summed E-state index contributed by atoms with van der Waals surface area (Å²) in [5.41, 5.74) is 4.74. The van der Waals surface area contributed by atoms with Crippen molar-refractivity contribution in [3.63, 3.8) is 0 Å². The third-order valence-corrected chi connectivity index (χ3v) is 5.87. The van der Waals surface area contributed by atoms with Crippen LogP contribution in [0.15, 0.2) is 54.6 Å². The third-order valence-electron chi connectivity index (χ3n) is 5.87. The molecule has 3 aromatic rings. The van der Waals surface area contributed by atoms with Crippen molar-refractivity contribution in [2.45, 2.75) is 37.6 Å². The number of anilines is 1. The summed E-state index contributed by atoms with van der Waals surface area (Å²) in [6, 6.07) is 18.4. The maximum absolute atomic E-state index is 12.4. The Morgan fingerprint density at radius 2 is 1.87 bits per heavy atom. The zero-order valence-corrected chi connectivity index (χ0v) is 18.4. The van der Waals surface area contributed by atoms with Gasteiger partial charge in [0.15, 0.2) is 0 Å². The zero-order valence-electron chi connectivity index (χ0n) is 18.4. The zero-order chi connectivity index (χ0) is 21.8. The highest BCUT2D eigenvalue weighted by Gasteiger charge is 2.33. The number of H-pyrrole nitrogens is 1. The van der Waals surface area contributed by atoms with E-state index in [1.165, 1.54) is 11.1 Å². The van der Waals surface area contributed by atoms with Crippen LogP contribution in [0.3, 0.4) is 0 Å². The fraction of sp³-hybridized carbons (Fsp3) is 0.360. The number of hydrogen-bond donors (Lipinski definition) is 2. The molecule has 6 heteroatoms.